The number of nitrogens with one attached hydrogen (secondary N) is 2. The smallest absolute Gasteiger partial charge is 0.381 e. The lowest BCUT2D eigenvalue weighted by Gasteiger charge is -2.20. The van der Waals surface area contributed by atoms with E-state index in [-0.39, 0.29) is 27.7 Å². The van der Waals surface area contributed by atoms with Crippen LogP contribution in [0, 0.1) is 11.8 Å². The maximum atomic E-state index is 13.8. The normalized spacial score (nSPS) is 23.9. The van der Waals surface area contributed by atoms with Gasteiger partial charge in [-0.25, -0.2) is 17.4 Å². The molecule has 6 nitrogen and oxygen atoms in total. The molecular formula is C21H21F3N4O2S. The molecule has 10 heteroatoms. The predicted octanol–water partition coefficient (Wildman–Crippen LogP) is 3.70. The predicted molar refractivity (Wildman–Crippen MR) is 110 cm³/mol. The summed E-state index contributed by atoms with van der Waals surface area (Å²) in [7, 11) is -3.99. The molecule has 2 unspecified atom stereocenters. The Kier molecular flexibility index (Phi) is 4.74. The van der Waals surface area contributed by atoms with Crippen LogP contribution in [0.2, 0.25) is 0 Å². The monoisotopic (exact) mass is 450 g/mol. The number of fused-ring (bicyclic) bond motifs is 2. The summed E-state index contributed by atoms with van der Waals surface area (Å²) in [6.45, 7) is 1.76. The maximum Gasteiger partial charge on any atom is 0.419 e. The Labute approximate surface area is 177 Å². The van der Waals surface area contributed by atoms with Crippen molar-refractivity contribution in [3.8, 4) is 0 Å². The number of hydrogen-bond acceptors (Lipinski definition) is 5. The van der Waals surface area contributed by atoms with Gasteiger partial charge in [0, 0.05) is 23.8 Å². The van der Waals surface area contributed by atoms with Crippen molar-refractivity contribution in [3.63, 3.8) is 0 Å². The van der Waals surface area contributed by atoms with Crippen LogP contribution >= 0.6 is 0 Å². The number of aromatic nitrogens is 2. The fourth-order valence-electron chi connectivity index (χ4n) is 4.82. The summed E-state index contributed by atoms with van der Waals surface area (Å²) in [5.74, 6) is 0.902. The summed E-state index contributed by atoms with van der Waals surface area (Å²) in [4.78, 5) is 3.95. The highest BCUT2D eigenvalue weighted by Crippen LogP contribution is 2.42. The number of alkyl halides is 3. The Morgan fingerprint density at radius 1 is 1.06 bits per heavy atom. The molecule has 1 aliphatic carbocycles. The minimum absolute atomic E-state index is 0.0285. The van der Waals surface area contributed by atoms with Gasteiger partial charge in [0.2, 0.25) is 0 Å². The Balaban J connectivity index is 1.60. The summed E-state index contributed by atoms with van der Waals surface area (Å²) in [5.41, 5.74) is -1.01. The van der Waals surface area contributed by atoms with Crippen LogP contribution in [-0.4, -0.2) is 36.5 Å². The van der Waals surface area contributed by atoms with Crippen LogP contribution in [0.1, 0.15) is 18.4 Å². The van der Waals surface area contributed by atoms with Crippen molar-refractivity contribution < 1.29 is 21.6 Å². The molecule has 2 fully saturated rings. The zero-order valence-corrected chi connectivity index (χ0v) is 17.2. The number of hydrogen-bond donors (Lipinski definition) is 2. The summed E-state index contributed by atoms with van der Waals surface area (Å²) >= 11 is 0. The van der Waals surface area contributed by atoms with Gasteiger partial charge in [-0.15, -0.1) is 0 Å². The van der Waals surface area contributed by atoms with Crippen molar-refractivity contribution in [3.05, 3.63) is 54.4 Å². The molecule has 3 aromatic rings. The van der Waals surface area contributed by atoms with E-state index in [0.717, 1.165) is 36.1 Å². The van der Waals surface area contributed by atoms with E-state index in [1.54, 1.807) is 18.2 Å². The number of pyridine rings is 1. The van der Waals surface area contributed by atoms with Crippen molar-refractivity contribution in [1.82, 2.24) is 14.3 Å². The number of anilines is 1. The first kappa shape index (κ1) is 20.3. The van der Waals surface area contributed by atoms with Gasteiger partial charge in [0.25, 0.3) is 10.0 Å². The molecule has 31 heavy (non-hydrogen) atoms. The second kappa shape index (κ2) is 7.23. The fourth-order valence-corrected chi connectivity index (χ4v) is 6.14. The Morgan fingerprint density at radius 3 is 2.39 bits per heavy atom. The highest BCUT2D eigenvalue weighted by atomic mass is 32.2. The second-order valence-electron chi connectivity index (χ2n) is 8.20. The molecule has 0 spiro atoms. The average molecular weight is 450 g/mol. The molecule has 0 radical (unpaired) electrons. The van der Waals surface area contributed by atoms with Crippen LogP contribution < -0.4 is 10.6 Å². The van der Waals surface area contributed by atoms with Gasteiger partial charge < -0.3 is 10.6 Å². The molecule has 1 saturated heterocycles. The first-order valence-electron chi connectivity index (χ1n) is 10.1. The van der Waals surface area contributed by atoms with Gasteiger partial charge in [-0.2, -0.15) is 13.2 Å². The third-order valence-electron chi connectivity index (χ3n) is 6.29. The third kappa shape index (κ3) is 3.47. The highest BCUT2D eigenvalue weighted by molar-refractivity contribution is 7.90. The third-order valence-corrected chi connectivity index (χ3v) is 7.97. The lowest BCUT2D eigenvalue weighted by atomic mass is 10.0. The molecule has 0 amide bonds. The van der Waals surface area contributed by atoms with E-state index in [1.165, 1.54) is 24.4 Å². The van der Waals surface area contributed by atoms with Crippen LogP contribution in [0.15, 0.2) is 53.7 Å². The number of nitrogens with zero attached hydrogens (tertiary/aromatic N) is 2. The molecule has 3 heterocycles. The van der Waals surface area contributed by atoms with Crippen LogP contribution in [0.25, 0.3) is 11.0 Å². The molecule has 2 aliphatic rings. The van der Waals surface area contributed by atoms with Crippen LogP contribution in [0.4, 0.5) is 18.9 Å². The largest absolute Gasteiger partial charge is 0.419 e. The standard InChI is InChI=1S/C21H21F3N4O2S/c22-21(23,24)18-12-26-20-17(19(18)27-15-8-13-10-25-11-14(13)9-15)6-7-28(20)31(29,30)16-4-2-1-3-5-16/h1-7,12-15,25H,8-11H2,(H,26,27)/t13-,14?,15?/m1/s1. The van der Waals surface area contributed by atoms with Crippen LogP contribution in [0.3, 0.4) is 0 Å². The summed E-state index contributed by atoms with van der Waals surface area (Å²) in [6.07, 6.45) is -1.07. The van der Waals surface area contributed by atoms with Gasteiger partial charge in [0.15, 0.2) is 5.65 Å². The van der Waals surface area contributed by atoms with Gasteiger partial charge in [0.1, 0.15) is 0 Å². The van der Waals surface area contributed by atoms with Crippen molar-refractivity contribution in [2.75, 3.05) is 18.4 Å². The van der Waals surface area contributed by atoms with E-state index >= 15 is 0 Å². The summed E-state index contributed by atoms with van der Waals surface area (Å²) in [5, 5.41) is 6.56. The second-order valence-corrected chi connectivity index (χ2v) is 10.0. The molecule has 164 valence electrons. The highest BCUT2D eigenvalue weighted by Gasteiger charge is 2.40. The van der Waals surface area contributed by atoms with Crippen molar-refractivity contribution in [2.45, 2.75) is 30.0 Å². The van der Waals surface area contributed by atoms with E-state index in [0.29, 0.717) is 11.8 Å². The Bertz CT molecular complexity index is 1210. The van der Waals surface area contributed by atoms with E-state index in [2.05, 4.69) is 15.6 Å². The van der Waals surface area contributed by atoms with Crippen molar-refractivity contribution in [2.24, 2.45) is 11.8 Å². The van der Waals surface area contributed by atoms with Crippen molar-refractivity contribution >= 4 is 26.7 Å². The Hall–Kier alpha value is -2.59. The zero-order chi connectivity index (χ0) is 21.8. The average Bonchev–Trinajstić information content (AvgIpc) is 3.42. The fraction of sp³-hybridized carbons (Fsp3) is 0.381. The quantitative estimate of drug-likeness (QED) is 0.634. The molecule has 2 N–H and O–H groups in total. The Morgan fingerprint density at radius 2 is 1.74 bits per heavy atom. The molecular weight excluding hydrogens is 429 g/mol. The van der Waals surface area contributed by atoms with Gasteiger partial charge in [-0.3, -0.25) is 0 Å². The van der Waals surface area contributed by atoms with Crippen LogP contribution in [0.5, 0.6) is 0 Å². The molecule has 1 aliphatic heterocycles. The van der Waals surface area contributed by atoms with Gasteiger partial charge in [-0.05, 0) is 56.0 Å². The summed E-state index contributed by atoms with van der Waals surface area (Å²) < 4.78 is 68.4. The van der Waals surface area contributed by atoms with Gasteiger partial charge >= 0.3 is 6.18 Å². The van der Waals surface area contributed by atoms with E-state index in [4.69, 9.17) is 0 Å². The topological polar surface area (TPSA) is 76.0 Å². The first-order valence-corrected chi connectivity index (χ1v) is 11.5. The minimum Gasteiger partial charge on any atom is -0.381 e. The molecule has 3 atom stereocenters. The van der Waals surface area contributed by atoms with E-state index < -0.39 is 21.8 Å². The lowest BCUT2D eigenvalue weighted by molar-refractivity contribution is -0.137. The number of rotatable bonds is 4. The van der Waals surface area contributed by atoms with E-state index in [9.17, 15) is 21.6 Å². The number of benzene rings is 1. The molecule has 0 bridgehead atoms. The van der Waals surface area contributed by atoms with Gasteiger partial charge in [0.05, 0.1) is 16.1 Å². The van der Waals surface area contributed by atoms with Crippen molar-refractivity contribution in [1.29, 1.82) is 0 Å². The minimum atomic E-state index is -4.61. The SMILES string of the molecule is O=S(=O)(c1ccccc1)n1ccc2c(NC3CC4CNC[C@H]4C3)c(C(F)(F)F)cnc21. The van der Waals surface area contributed by atoms with Crippen LogP contribution in [-0.2, 0) is 16.2 Å². The maximum absolute atomic E-state index is 13.8. The summed E-state index contributed by atoms with van der Waals surface area (Å²) in [6, 6.07) is 9.04. The molecule has 5 rings (SSSR count). The molecule has 1 saturated carbocycles. The van der Waals surface area contributed by atoms with Gasteiger partial charge in [-0.1, -0.05) is 18.2 Å². The molecule has 1 aromatic carbocycles. The number of halogens is 3. The first-order chi connectivity index (χ1) is 14.7. The molecule has 2 aromatic heterocycles. The van der Waals surface area contributed by atoms with E-state index in [1.807, 2.05) is 0 Å². The zero-order valence-electron chi connectivity index (χ0n) is 16.4. The lowest BCUT2D eigenvalue weighted by Crippen LogP contribution is -2.23.